The molecule has 1 heterocycles. The Bertz CT molecular complexity index is 411. The van der Waals surface area contributed by atoms with Crippen molar-refractivity contribution in [3.05, 3.63) is 52.0 Å². The van der Waals surface area contributed by atoms with Gasteiger partial charge in [0.25, 0.3) is 0 Å². The number of hydrogen-bond acceptors (Lipinski definition) is 3. The molecule has 0 saturated heterocycles. The van der Waals surface area contributed by atoms with Crippen LogP contribution in [0.5, 0.6) is 0 Å². The molecule has 0 bridgehead atoms. The largest absolute Gasteiger partial charge is 0.381 e. The van der Waals surface area contributed by atoms with Crippen molar-refractivity contribution in [3.63, 3.8) is 0 Å². The highest BCUT2D eigenvalue weighted by molar-refractivity contribution is 7.09. The van der Waals surface area contributed by atoms with Gasteiger partial charge in [0.1, 0.15) is 11.1 Å². The van der Waals surface area contributed by atoms with Gasteiger partial charge in [-0.3, -0.25) is 0 Å². The summed E-state index contributed by atoms with van der Waals surface area (Å²) < 4.78 is 0. The highest BCUT2D eigenvalue weighted by Gasteiger charge is 2.12. The Balaban J connectivity index is 2.32. The van der Waals surface area contributed by atoms with Gasteiger partial charge in [0.2, 0.25) is 0 Å². The summed E-state index contributed by atoms with van der Waals surface area (Å²) >= 11 is 1.47. The number of nitrogens with zero attached hydrogens (tertiary/aromatic N) is 1. The molecule has 14 heavy (non-hydrogen) atoms. The van der Waals surface area contributed by atoms with Crippen LogP contribution in [0.4, 0.5) is 0 Å². The predicted molar refractivity (Wildman–Crippen MR) is 57.4 cm³/mol. The molecule has 2 rings (SSSR count). The lowest BCUT2D eigenvalue weighted by Crippen LogP contribution is -1.98. The van der Waals surface area contributed by atoms with Crippen LogP contribution in [0.15, 0.2) is 35.8 Å². The van der Waals surface area contributed by atoms with E-state index in [0.717, 1.165) is 16.1 Å². The summed E-state index contributed by atoms with van der Waals surface area (Å²) in [6, 6.07) is 7.85. The maximum Gasteiger partial charge on any atom is 0.131 e. The normalized spacial score (nSPS) is 12.7. The number of hydrogen-bond donors (Lipinski definition) is 1. The Morgan fingerprint density at radius 3 is 2.93 bits per heavy atom. The molecule has 72 valence electrons. The number of thiazole rings is 1. The van der Waals surface area contributed by atoms with Gasteiger partial charge in [-0.1, -0.05) is 29.8 Å². The Kier molecular flexibility index (Phi) is 2.61. The van der Waals surface area contributed by atoms with Gasteiger partial charge in [-0.15, -0.1) is 11.3 Å². The number of aliphatic hydroxyl groups excluding tert-OH is 1. The molecule has 0 aliphatic rings. The van der Waals surface area contributed by atoms with E-state index in [9.17, 15) is 5.11 Å². The van der Waals surface area contributed by atoms with Gasteiger partial charge in [0, 0.05) is 11.6 Å². The lowest BCUT2D eigenvalue weighted by Gasteiger charge is -2.07. The van der Waals surface area contributed by atoms with Crippen LogP contribution in [0.25, 0.3) is 0 Å². The second-order valence-corrected chi connectivity index (χ2v) is 4.11. The minimum Gasteiger partial charge on any atom is -0.381 e. The van der Waals surface area contributed by atoms with Crippen LogP contribution in [0, 0.1) is 6.92 Å². The fourth-order valence-corrected chi connectivity index (χ4v) is 2.00. The Hall–Kier alpha value is -1.19. The predicted octanol–water partition coefficient (Wildman–Crippen LogP) is 2.53. The number of rotatable bonds is 2. The van der Waals surface area contributed by atoms with E-state index in [2.05, 4.69) is 4.98 Å². The number of aryl methyl sites for hydroxylation is 1. The number of aromatic nitrogens is 1. The highest BCUT2D eigenvalue weighted by Crippen LogP contribution is 2.23. The summed E-state index contributed by atoms with van der Waals surface area (Å²) in [5, 5.41) is 12.6. The third-order valence-corrected chi connectivity index (χ3v) is 2.87. The molecular formula is C11H11NOS. The zero-order chi connectivity index (χ0) is 9.97. The average Bonchev–Trinajstić information content (AvgIpc) is 2.69. The van der Waals surface area contributed by atoms with Crippen molar-refractivity contribution in [2.24, 2.45) is 0 Å². The van der Waals surface area contributed by atoms with Crippen LogP contribution in [0.3, 0.4) is 0 Å². The average molecular weight is 205 g/mol. The first-order valence-corrected chi connectivity index (χ1v) is 5.29. The molecule has 0 spiro atoms. The maximum absolute atomic E-state index is 9.95. The van der Waals surface area contributed by atoms with Crippen molar-refractivity contribution in [1.29, 1.82) is 0 Å². The van der Waals surface area contributed by atoms with Crippen LogP contribution in [-0.2, 0) is 0 Å². The van der Waals surface area contributed by atoms with Crippen LogP contribution in [-0.4, -0.2) is 10.1 Å². The summed E-state index contributed by atoms with van der Waals surface area (Å²) in [4.78, 5) is 4.09. The molecule has 0 aliphatic carbocycles. The third kappa shape index (κ3) is 1.84. The van der Waals surface area contributed by atoms with E-state index in [1.807, 2.05) is 36.6 Å². The van der Waals surface area contributed by atoms with Crippen molar-refractivity contribution in [1.82, 2.24) is 4.98 Å². The molecule has 2 aromatic rings. The van der Waals surface area contributed by atoms with Gasteiger partial charge in [-0.05, 0) is 12.5 Å². The van der Waals surface area contributed by atoms with Crippen molar-refractivity contribution in [2.45, 2.75) is 13.0 Å². The standard InChI is InChI=1S/C11H11NOS/c1-8-3-2-4-9(7-8)10(13)11-12-5-6-14-11/h2-7,10,13H,1H3. The smallest absolute Gasteiger partial charge is 0.131 e. The fourth-order valence-electron chi connectivity index (χ4n) is 1.35. The number of benzene rings is 1. The van der Waals surface area contributed by atoms with E-state index in [4.69, 9.17) is 0 Å². The van der Waals surface area contributed by atoms with Gasteiger partial charge in [-0.25, -0.2) is 4.98 Å². The van der Waals surface area contributed by atoms with Gasteiger partial charge in [-0.2, -0.15) is 0 Å². The minimum atomic E-state index is -0.588. The Morgan fingerprint density at radius 2 is 2.29 bits per heavy atom. The minimum absolute atomic E-state index is 0.588. The lowest BCUT2D eigenvalue weighted by atomic mass is 10.1. The SMILES string of the molecule is Cc1cccc(C(O)c2nccs2)c1. The quantitative estimate of drug-likeness (QED) is 0.817. The highest BCUT2D eigenvalue weighted by atomic mass is 32.1. The maximum atomic E-state index is 9.95. The summed E-state index contributed by atoms with van der Waals surface area (Å²) in [5.74, 6) is 0. The molecule has 2 nitrogen and oxygen atoms in total. The molecule has 0 radical (unpaired) electrons. The number of aliphatic hydroxyl groups is 1. The third-order valence-electron chi connectivity index (χ3n) is 2.04. The van der Waals surface area contributed by atoms with Crippen LogP contribution in [0.1, 0.15) is 22.2 Å². The van der Waals surface area contributed by atoms with Gasteiger partial charge in [0.15, 0.2) is 0 Å². The van der Waals surface area contributed by atoms with Crippen molar-refractivity contribution in [3.8, 4) is 0 Å². The Morgan fingerprint density at radius 1 is 1.43 bits per heavy atom. The van der Waals surface area contributed by atoms with Crippen molar-refractivity contribution in [2.75, 3.05) is 0 Å². The van der Waals surface area contributed by atoms with Gasteiger partial charge in [0.05, 0.1) is 0 Å². The molecular weight excluding hydrogens is 194 g/mol. The fraction of sp³-hybridized carbons (Fsp3) is 0.182. The molecule has 0 aliphatic heterocycles. The van der Waals surface area contributed by atoms with Crippen LogP contribution >= 0.6 is 11.3 Å². The topological polar surface area (TPSA) is 33.1 Å². The lowest BCUT2D eigenvalue weighted by molar-refractivity contribution is 0.219. The van der Waals surface area contributed by atoms with Crippen LogP contribution in [0.2, 0.25) is 0 Å². The molecule has 0 amide bonds. The van der Waals surface area contributed by atoms with E-state index >= 15 is 0 Å². The van der Waals surface area contributed by atoms with E-state index in [-0.39, 0.29) is 0 Å². The first kappa shape index (κ1) is 9.37. The molecule has 3 heteroatoms. The van der Waals surface area contributed by atoms with Gasteiger partial charge < -0.3 is 5.11 Å². The molecule has 0 fully saturated rings. The second-order valence-electron chi connectivity index (χ2n) is 3.19. The molecule has 1 aromatic heterocycles. The summed E-state index contributed by atoms with van der Waals surface area (Å²) in [6.45, 7) is 2.01. The summed E-state index contributed by atoms with van der Waals surface area (Å²) in [5.41, 5.74) is 2.05. The van der Waals surface area contributed by atoms with E-state index < -0.39 is 6.10 Å². The first-order chi connectivity index (χ1) is 6.77. The summed E-state index contributed by atoms with van der Waals surface area (Å²) in [7, 11) is 0. The van der Waals surface area contributed by atoms with Crippen molar-refractivity contribution < 1.29 is 5.11 Å². The molecule has 1 unspecified atom stereocenters. The zero-order valence-electron chi connectivity index (χ0n) is 7.84. The molecule has 1 atom stereocenters. The van der Waals surface area contributed by atoms with Gasteiger partial charge >= 0.3 is 0 Å². The summed E-state index contributed by atoms with van der Waals surface area (Å²) in [6.07, 6.45) is 1.12. The molecule has 0 saturated carbocycles. The molecule has 1 aromatic carbocycles. The first-order valence-electron chi connectivity index (χ1n) is 4.41. The van der Waals surface area contributed by atoms with E-state index in [1.54, 1.807) is 6.20 Å². The monoisotopic (exact) mass is 205 g/mol. The van der Waals surface area contributed by atoms with Crippen molar-refractivity contribution >= 4 is 11.3 Å². The second kappa shape index (κ2) is 3.90. The zero-order valence-corrected chi connectivity index (χ0v) is 8.66. The van der Waals surface area contributed by atoms with E-state index in [1.165, 1.54) is 11.3 Å². The molecule has 1 N–H and O–H groups in total. The van der Waals surface area contributed by atoms with E-state index in [0.29, 0.717) is 0 Å². The Labute approximate surface area is 86.9 Å². The van der Waals surface area contributed by atoms with Crippen LogP contribution < -0.4 is 0 Å².